The lowest BCUT2D eigenvalue weighted by atomic mass is 10.1. The number of likely N-dealkylation sites (tertiary alicyclic amines) is 1. The molecule has 0 saturated carbocycles. The van der Waals surface area contributed by atoms with Gasteiger partial charge in [0.1, 0.15) is 5.82 Å². The zero-order chi connectivity index (χ0) is 22.7. The first-order valence-electron chi connectivity index (χ1n) is 10.5. The lowest BCUT2D eigenvalue weighted by molar-refractivity contribution is -0.138. The lowest BCUT2D eigenvalue weighted by Crippen LogP contribution is -2.21. The molecule has 0 radical (unpaired) electrons. The number of anilines is 2. The molecule has 1 saturated heterocycles. The Hall–Kier alpha value is -3.72. The van der Waals surface area contributed by atoms with E-state index < -0.39 is 5.97 Å². The first kappa shape index (κ1) is 21.5. The number of fused-ring (bicyclic) bond motifs is 1. The van der Waals surface area contributed by atoms with E-state index in [1.54, 1.807) is 25.2 Å². The Bertz CT molecular complexity index is 1170. The number of rotatable bonds is 8. The number of hydrogen-bond donors (Lipinski definition) is 5. The molecule has 4 rings (SSSR count). The van der Waals surface area contributed by atoms with Crippen molar-refractivity contribution in [3.8, 4) is 0 Å². The van der Waals surface area contributed by atoms with Gasteiger partial charge in [-0.1, -0.05) is 0 Å². The van der Waals surface area contributed by atoms with E-state index in [0.29, 0.717) is 23.4 Å². The molecule has 1 unspecified atom stereocenters. The van der Waals surface area contributed by atoms with Gasteiger partial charge < -0.3 is 26.1 Å². The first-order valence-corrected chi connectivity index (χ1v) is 10.5. The number of nitrogens with one attached hydrogen (secondary N) is 4. The van der Waals surface area contributed by atoms with Crippen molar-refractivity contribution in [1.82, 2.24) is 14.9 Å². The van der Waals surface area contributed by atoms with Crippen LogP contribution in [0.2, 0.25) is 0 Å². The molecule has 1 aromatic heterocycles. The maximum absolute atomic E-state index is 12.7. The molecule has 9 heteroatoms. The Morgan fingerprint density at radius 2 is 2.16 bits per heavy atom. The maximum Gasteiger partial charge on any atom is 0.303 e. The largest absolute Gasteiger partial charge is 0.481 e. The summed E-state index contributed by atoms with van der Waals surface area (Å²) in [6, 6.07) is 10.7. The van der Waals surface area contributed by atoms with Crippen LogP contribution < -0.4 is 10.6 Å². The van der Waals surface area contributed by atoms with Crippen LogP contribution in [0.1, 0.15) is 34.6 Å². The normalized spacial score (nSPS) is 16.2. The molecule has 9 nitrogen and oxygen atoms in total. The summed E-state index contributed by atoms with van der Waals surface area (Å²) in [4.78, 5) is 33.7. The predicted octanol–water partition coefficient (Wildman–Crippen LogP) is 3.15. The third kappa shape index (κ3) is 4.78. The van der Waals surface area contributed by atoms with E-state index in [1.165, 1.54) is 6.21 Å². The number of amides is 1. The van der Waals surface area contributed by atoms with Crippen molar-refractivity contribution in [1.29, 1.82) is 5.41 Å². The summed E-state index contributed by atoms with van der Waals surface area (Å²) in [6.45, 7) is 2.26. The van der Waals surface area contributed by atoms with E-state index in [9.17, 15) is 9.59 Å². The minimum Gasteiger partial charge on any atom is -0.481 e. The van der Waals surface area contributed by atoms with E-state index in [4.69, 9.17) is 10.5 Å². The van der Waals surface area contributed by atoms with Gasteiger partial charge in [-0.2, -0.15) is 0 Å². The minimum atomic E-state index is -0.748. The maximum atomic E-state index is 12.7. The average Bonchev–Trinajstić information content (AvgIpc) is 3.38. The Labute approximate surface area is 185 Å². The number of carbonyl (C=O) groups is 2. The van der Waals surface area contributed by atoms with Gasteiger partial charge in [0.25, 0.3) is 5.91 Å². The monoisotopic (exact) mass is 434 g/mol. The molecule has 3 aromatic rings. The summed E-state index contributed by atoms with van der Waals surface area (Å²) in [7, 11) is 1.77. The Morgan fingerprint density at radius 1 is 1.31 bits per heavy atom. The van der Waals surface area contributed by atoms with Crippen molar-refractivity contribution in [2.75, 3.05) is 30.8 Å². The second-order valence-electron chi connectivity index (χ2n) is 8.05. The van der Waals surface area contributed by atoms with Gasteiger partial charge in [0, 0.05) is 48.7 Å². The van der Waals surface area contributed by atoms with E-state index in [1.807, 2.05) is 18.2 Å². The lowest BCUT2D eigenvalue weighted by Gasteiger charge is -2.13. The topological polar surface area (TPSA) is 134 Å². The van der Waals surface area contributed by atoms with Crippen LogP contribution in [-0.4, -0.2) is 58.2 Å². The zero-order valence-corrected chi connectivity index (χ0v) is 17.8. The number of benzene rings is 2. The van der Waals surface area contributed by atoms with E-state index >= 15 is 0 Å². The van der Waals surface area contributed by atoms with E-state index in [0.717, 1.165) is 42.1 Å². The van der Waals surface area contributed by atoms with E-state index in [-0.39, 0.29) is 18.2 Å². The number of carboxylic acid groups (broad SMARTS) is 1. The number of imidazole rings is 1. The van der Waals surface area contributed by atoms with Crippen LogP contribution in [0.25, 0.3) is 11.0 Å². The standard InChI is InChI=1S/C23H26N6O3/c1-25-18-4-2-15(9-16(18)11-24)23(32)26-17-3-5-19-20(10-17)28-21(27-19)13-29-7-6-14(12-29)8-22(30)31/h2-5,9-11,14,24-25H,6-8,12-13H2,1H3,(H,26,32)(H,27,28)(H,30,31). The van der Waals surface area contributed by atoms with Gasteiger partial charge in [-0.25, -0.2) is 4.98 Å². The van der Waals surface area contributed by atoms with Gasteiger partial charge in [-0.15, -0.1) is 0 Å². The van der Waals surface area contributed by atoms with Crippen LogP contribution in [0.4, 0.5) is 11.4 Å². The second-order valence-corrected chi connectivity index (χ2v) is 8.05. The summed E-state index contributed by atoms with van der Waals surface area (Å²) >= 11 is 0. The molecule has 1 fully saturated rings. The Kier molecular flexibility index (Phi) is 6.18. The number of hydrogen-bond acceptors (Lipinski definition) is 6. The van der Waals surface area contributed by atoms with Crippen LogP contribution in [0.15, 0.2) is 36.4 Å². The van der Waals surface area contributed by atoms with Crippen molar-refractivity contribution in [3.05, 3.63) is 53.3 Å². The molecule has 1 aliphatic heterocycles. The van der Waals surface area contributed by atoms with Crippen LogP contribution in [-0.2, 0) is 11.3 Å². The zero-order valence-electron chi connectivity index (χ0n) is 17.8. The summed E-state index contributed by atoms with van der Waals surface area (Å²) in [5.74, 6) is 0.00494. The van der Waals surface area contributed by atoms with Crippen molar-refractivity contribution in [2.24, 2.45) is 5.92 Å². The number of aliphatic carboxylic acids is 1. The minimum absolute atomic E-state index is 0.189. The molecule has 1 amide bonds. The number of carboxylic acids is 1. The molecule has 32 heavy (non-hydrogen) atoms. The summed E-state index contributed by atoms with van der Waals surface area (Å²) in [6.07, 6.45) is 2.31. The molecule has 5 N–H and O–H groups in total. The predicted molar refractivity (Wildman–Crippen MR) is 124 cm³/mol. The Balaban J connectivity index is 1.43. The van der Waals surface area contributed by atoms with Crippen LogP contribution >= 0.6 is 0 Å². The summed E-state index contributed by atoms with van der Waals surface area (Å²) in [5, 5.41) is 22.4. The molecule has 2 aromatic carbocycles. The van der Waals surface area contributed by atoms with Gasteiger partial charge in [0.2, 0.25) is 0 Å². The molecular formula is C23H26N6O3. The Morgan fingerprint density at radius 3 is 2.91 bits per heavy atom. The fraction of sp³-hybridized carbons (Fsp3) is 0.304. The fourth-order valence-corrected chi connectivity index (χ4v) is 4.15. The fourth-order valence-electron chi connectivity index (χ4n) is 4.15. The third-order valence-electron chi connectivity index (χ3n) is 5.73. The van der Waals surface area contributed by atoms with Gasteiger partial charge in [0.15, 0.2) is 0 Å². The van der Waals surface area contributed by atoms with Gasteiger partial charge in [-0.05, 0) is 55.3 Å². The average molecular weight is 435 g/mol. The van der Waals surface area contributed by atoms with Crippen molar-refractivity contribution >= 4 is 40.5 Å². The highest BCUT2D eigenvalue weighted by Crippen LogP contribution is 2.23. The van der Waals surface area contributed by atoms with Gasteiger partial charge in [0.05, 0.1) is 17.6 Å². The van der Waals surface area contributed by atoms with Crippen molar-refractivity contribution in [2.45, 2.75) is 19.4 Å². The molecule has 0 aliphatic carbocycles. The highest BCUT2D eigenvalue weighted by atomic mass is 16.4. The molecule has 0 spiro atoms. The first-order chi connectivity index (χ1) is 15.4. The van der Waals surface area contributed by atoms with Crippen LogP contribution in [0, 0.1) is 11.3 Å². The van der Waals surface area contributed by atoms with Gasteiger partial charge >= 0.3 is 5.97 Å². The van der Waals surface area contributed by atoms with Crippen molar-refractivity contribution < 1.29 is 14.7 Å². The highest BCUT2D eigenvalue weighted by Gasteiger charge is 2.25. The molecular weight excluding hydrogens is 408 g/mol. The number of nitrogens with zero attached hydrogens (tertiary/aromatic N) is 2. The van der Waals surface area contributed by atoms with Crippen molar-refractivity contribution in [3.63, 3.8) is 0 Å². The summed E-state index contributed by atoms with van der Waals surface area (Å²) < 4.78 is 0. The number of H-pyrrole nitrogens is 1. The van der Waals surface area contributed by atoms with Crippen LogP contribution in [0.5, 0.6) is 0 Å². The third-order valence-corrected chi connectivity index (χ3v) is 5.73. The van der Waals surface area contributed by atoms with Crippen LogP contribution in [0.3, 0.4) is 0 Å². The smallest absolute Gasteiger partial charge is 0.303 e. The molecule has 166 valence electrons. The number of aromatic nitrogens is 2. The highest BCUT2D eigenvalue weighted by molar-refractivity contribution is 6.06. The van der Waals surface area contributed by atoms with E-state index in [2.05, 4.69) is 25.5 Å². The summed E-state index contributed by atoms with van der Waals surface area (Å²) in [5.41, 5.74) is 4.18. The second kappa shape index (κ2) is 9.19. The number of carbonyl (C=O) groups excluding carboxylic acids is 1. The molecule has 1 aliphatic rings. The SMILES string of the molecule is CNc1ccc(C(=O)Nc2ccc3nc(CN4CCC(CC(=O)O)C4)[nH]c3c2)cc1C=N. The van der Waals surface area contributed by atoms with Gasteiger partial charge in [-0.3, -0.25) is 14.5 Å². The number of aromatic amines is 1. The quantitative estimate of drug-likeness (QED) is 0.346. The molecule has 1 atom stereocenters. The molecule has 0 bridgehead atoms. The molecule has 2 heterocycles.